The SMILES string of the molecule is Cc1c(Cl)ccc(OCCC[NH+]2C[C@@H](C)O[C@@H](C)C2)c1C. The third kappa shape index (κ3) is 4.60. The number of nitrogens with one attached hydrogen (secondary N) is 1. The quantitative estimate of drug-likeness (QED) is 0.844. The van der Waals surface area contributed by atoms with Crippen LogP contribution >= 0.6 is 11.6 Å². The number of hydrogen-bond donors (Lipinski definition) is 1. The molecule has 1 aliphatic heterocycles. The molecule has 118 valence electrons. The first kappa shape index (κ1) is 16.6. The summed E-state index contributed by atoms with van der Waals surface area (Å²) in [4.78, 5) is 1.62. The lowest BCUT2D eigenvalue weighted by Crippen LogP contribution is -3.15. The average Bonchev–Trinajstić information content (AvgIpc) is 2.42. The molecule has 1 aromatic carbocycles. The highest BCUT2D eigenvalue weighted by Crippen LogP contribution is 2.27. The van der Waals surface area contributed by atoms with Crippen LogP contribution in [0.5, 0.6) is 5.75 Å². The maximum absolute atomic E-state index is 6.11. The molecule has 0 amide bonds. The second-order valence-corrected chi connectivity index (χ2v) is 6.57. The van der Waals surface area contributed by atoms with Crippen LogP contribution in [0.15, 0.2) is 12.1 Å². The summed E-state index contributed by atoms with van der Waals surface area (Å²) >= 11 is 6.11. The van der Waals surface area contributed by atoms with E-state index < -0.39 is 0 Å². The molecule has 0 spiro atoms. The van der Waals surface area contributed by atoms with E-state index in [0.29, 0.717) is 12.2 Å². The van der Waals surface area contributed by atoms with Crippen molar-refractivity contribution in [2.45, 2.75) is 46.3 Å². The van der Waals surface area contributed by atoms with E-state index >= 15 is 0 Å². The molecule has 21 heavy (non-hydrogen) atoms. The zero-order valence-electron chi connectivity index (χ0n) is 13.5. The van der Waals surface area contributed by atoms with Crippen LogP contribution in [0.4, 0.5) is 0 Å². The van der Waals surface area contributed by atoms with E-state index in [-0.39, 0.29) is 0 Å². The van der Waals surface area contributed by atoms with Crippen LogP contribution in [0, 0.1) is 13.8 Å². The fraction of sp³-hybridized carbons (Fsp3) is 0.647. The minimum atomic E-state index is 0.367. The molecule has 1 aliphatic rings. The molecule has 1 aromatic rings. The van der Waals surface area contributed by atoms with Crippen molar-refractivity contribution in [2.24, 2.45) is 0 Å². The molecule has 0 radical (unpaired) electrons. The normalized spacial score (nSPS) is 25.9. The van der Waals surface area contributed by atoms with Crippen molar-refractivity contribution in [3.05, 3.63) is 28.3 Å². The predicted molar refractivity (Wildman–Crippen MR) is 86.6 cm³/mol. The summed E-state index contributed by atoms with van der Waals surface area (Å²) in [6.07, 6.45) is 1.80. The summed E-state index contributed by atoms with van der Waals surface area (Å²) < 4.78 is 11.7. The number of benzene rings is 1. The topological polar surface area (TPSA) is 22.9 Å². The average molecular weight is 313 g/mol. The molecule has 2 rings (SSSR count). The van der Waals surface area contributed by atoms with Crippen LogP contribution in [0.3, 0.4) is 0 Å². The molecule has 3 atom stereocenters. The maximum Gasteiger partial charge on any atom is 0.122 e. The summed E-state index contributed by atoms with van der Waals surface area (Å²) in [5.41, 5.74) is 2.25. The van der Waals surface area contributed by atoms with Gasteiger partial charge in [0.15, 0.2) is 0 Å². The summed E-state index contributed by atoms with van der Waals surface area (Å²) in [5.74, 6) is 0.954. The van der Waals surface area contributed by atoms with Crippen LogP contribution in [-0.2, 0) is 4.74 Å². The minimum Gasteiger partial charge on any atom is -0.493 e. The van der Waals surface area contributed by atoms with Crippen LogP contribution in [0.2, 0.25) is 5.02 Å². The number of halogens is 1. The molecule has 0 aromatic heterocycles. The van der Waals surface area contributed by atoms with Gasteiger partial charge in [0.2, 0.25) is 0 Å². The first-order valence-corrected chi connectivity index (χ1v) is 8.22. The number of quaternary nitrogens is 1. The molecule has 1 N–H and O–H groups in total. The number of rotatable bonds is 5. The second kappa shape index (κ2) is 7.48. The highest BCUT2D eigenvalue weighted by atomic mass is 35.5. The molecule has 0 aliphatic carbocycles. The zero-order chi connectivity index (χ0) is 15.4. The Balaban J connectivity index is 1.76. The van der Waals surface area contributed by atoms with E-state index in [1.165, 1.54) is 0 Å². The summed E-state index contributed by atoms with van der Waals surface area (Å²) in [5, 5.41) is 0.806. The lowest BCUT2D eigenvalue weighted by Gasteiger charge is -2.32. The van der Waals surface area contributed by atoms with Crippen LogP contribution in [-0.4, -0.2) is 38.4 Å². The van der Waals surface area contributed by atoms with Crippen molar-refractivity contribution in [1.82, 2.24) is 0 Å². The van der Waals surface area contributed by atoms with E-state index in [0.717, 1.165) is 54.6 Å². The van der Waals surface area contributed by atoms with Crippen molar-refractivity contribution >= 4 is 11.6 Å². The lowest BCUT2D eigenvalue weighted by molar-refractivity contribution is -0.915. The van der Waals surface area contributed by atoms with E-state index in [2.05, 4.69) is 20.8 Å². The Morgan fingerprint density at radius 1 is 1.19 bits per heavy atom. The molecule has 0 bridgehead atoms. The number of ether oxygens (including phenoxy) is 2. The highest BCUT2D eigenvalue weighted by Gasteiger charge is 2.24. The molecular formula is C17H27ClNO2+. The van der Waals surface area contributed by atoms with Crippen molar-refractivity contribution in [3.63, 3.8) is 0 Å². The van der Waals surface area contributed by atoms with Gasteiger partial charge in [0, 0.05) is 11.4 Å². The van der Waals surface area contributed by atoms with Crippen molar-refractivity contribution < 1.29 is 14.4 Å². The Morgan fingerprint density at radius 2 is 1.86 bits per heavy atom. The molecule has 1 saturated heterocycles. The standard InChI is InChI=1S/C17H26ClNO2/c1-12-10-19(11-13(2)21-12)8-5-9-20-17-7-6-16(18)14(3)15(17)4/h6-7,12-13H,5,8-11H2,1-4H3/p+1/t12-,13+. The first-order chi connectivity index (χ1) is 9.97. The van der Waals surface area contributed by atoms with Gasteiger partial charge in [-0.1, -0.05) is 11.6 Å². The lowest BCUT2D eigenvalue weighted by atomic mass is 10.1. The van der Waals surface area contributed by atoms with Gasteiger partial charge in [0.25, 0.3) is 0 Å². The molecule has 1 heterocycles. The third-order valence-electron chi connectivity index (χ3n) is 4.22. The number of morpholine rings is 1. The third-order valence-corrected chi connectivity index (χ3v) is 4.63. The van der Waals surface area contributed by atoms with Gasteiger partial charge < -0.3 is 14.4 Å². The van der Waals surface area contributed by atoms with Gasteiger partial charge in [-0.2, -0.15) is 0 Å². The Kier molecular flexibility index (Phi) is 5.91. The highest BCUT2D eigenvalue weighted by molar-refractivity contribution is 6.31. The van der Waals surface area contributed by atoms with E-state index in [1.807, 2.05) is 19.1 Å². The minimum absolute atomic E-state index is 0.367. The van der Waals surface area contributed by atoms with Gasteiger partial charge >= 0.3 is 0 Å². The summed E-state index contributed by atoms with van der Waals surface area (Å²) in [6, 6.07) is 3.88. The Morgan fingerprint density at radius 3 is 2.52 bits per heavy atom. The summed E-state index contributed by atoms with van der Waals surface area (Å²) in [6.45, 7) is 12.5. The molecule has 4 heteroatoms. The molecular weight excluding hydrogens is 286 g/mol. The fourth-order valence-electron chi connectivity index (χ4n) is 3.02. The van der Waals surface area contributed by atoms with Crippen LogP contribution in [0.25, 0.3) is 0 Å². The van der Waals surface area contributed by atoms with Gasteiger partial charge in [0.05, 0.1) is 13.2 Å². The largest absolute Gasteiger partial charge is 0.493 e. The first-order valence-electron chi connectivity index (χ1n) is 7.85. The molecule has 1 fully saturated rings. The van der Waals surface area contributed by atoms with Gasteiger partial charge in [-0.3, -0.25) is 0 Å². The van der Waals surface area contributed by atoms with Gasteiger partial charge in [-0.25, -0.2) is 0 Å². The van der Waals surface area contributed by atoms with Crippen molar-refractivity contribution in [3.8, 4) is 5.75 Å². The van der Waals surface area contributed by atoms with Crippen LogP contribution in [0.1, 0.15) is 31.4 Å². The summed E-state index contributed by atoms with van der Waals surface area (Å²) in [7, 11) is 0. The predicted octanol–water partition coefficient (Wildman–Crippen LogP) is 2.42. The Hall–Kier alpha value is -0.770. The zero-order valence-corrected chi connectivity index (χ0v) is 14.3. The van der Waals surface area contributed by atoms with Crippen molar-refractivity contribution in [1.29, 1.82) is 0 Å². The number of hydrogen-bond acceptors (Lipinski definition) is 2. The van der Waals surface area contributed by atoms with Gasteiger partial charge in [0.1, 0.15) is 31.0 Å². The molecule has 1 unspecified atom stereocenters. The van der Waals surface area contributed by atoms with E-state index in [1.54, 1.807) is 4.90 Å². The van der Waals surface area contributed by atoms with Gasteiger partial charge in [-0.05, 0) is 51.0 Å². The molecule has 0 saturated carbocycles. The van der Waals surface area contributed by atoms with E-state index in [4.69, 9.17) is 21.1 Å². The second-order valence-electron chi connectivity index (χ2n) is 6.16. The fourth-order valence-corrected chi connectivity index (χ4v) is 3.22. The molecule has 3 nitrogen and oxygen atoms in total. The van der Waals surface area contributed by atoms with Gasteiger partial charge in [-0.15, -0.1) is 0 Å². The van der Waals surface area contributed by atoms with Crippen molar-refractivity contribution in [2.75, 3.05) is 26.2 Å². The smallest absolute Gasteiger partial charge is 0.122 e. The van der Waals surface area contributed by atoms with Crippen LogP contribution < -0.4 is 9.64 Å². The maximum atomic E-state index is 6.11. The monoisotopic (exact) mass is 312 g/mol. The Bertz CT molecular complexity index is 468. The van der Waals surface area contributed by atoms with E-state index in [9.17, 15) is 0 Å². The Labute approximate surface area is 133 Å².